The van der Waals surface area contributed by atoms with E-state index in [-0.39, 0.29) is 17.7 Å². The van der Waals surface area contributed by atoms with Crippen LogP contribution in [0.1, 0.15) is 35.6 Å². The van der Waals surface area contributed by atoms with Crippen LogP contribution in [0.3, 0.4) is 0 Å². The summed E-state index contributed by atoms with van der Waals surface area (Å²) in [6, 6.07) is 1.75. The summed E-state index contributed by atoms with van der Waals surface area (Å²) in [5, 5.41) is 5.10. The van der Waals surface area contributed by atoms with E-state index >= 15 is 0 Å². The first-order chi connectivity index (χ1) is 9.81. The van der Waals surface area contributed by atoms with Crippen LogP contribution in [0, 0.1) is 19.8 Å². The van der Waals surface area contributed by atoms with E-state index in [0.717, 1.165) is 16.7 Å². The Morgan fingerprint density at radius 2 is 1.86 bits per heavy atom. The number of hydrogen-bond donors (Lipinski definition) is 2. The molecule has 2 heterocycles. The standard InChI is InChI=1S/C14H19N5O2/c1-7(2)13(20)16-17-14(21)11-6-10-9(4)18-19(5)12(10)15-8(11)3/h6-7H,1-5H3,(H,16,20)(H,17,21). The normalized spacial score (nSPS) is 11.0. The number of aromatic nitrogens is 3. The average molecular weight is 289 g/mol. The van der Waals surface area contributed by atoms with E-state index in [2.05, 4.69) is 20.9 Å². The van der Waals surface area contributed by atoms with Gasteiger partial charge in [0.25, 0.3) is 5.91 Å². The second-order valence-corrected chi connectivity index (χ2v) is 5.30. The number of carbonyl (C=O) groups is 2. The Morgan fingerprint density at radius 1 is 1.19 bits per heavy atom. The molecular formula is C14H19N5O2. The van der Waals surface area contributed by atoms with E-state index < -0.39 is 0 Å². The van der Waals surface area contributed by atoms with E-state index in [1.807, 2.05) is 14.0 Å². The van der Waals surface area contributed by atoms with Crippen molar-refractivity contribution >= 4 is 22.8 Å². The maximum Gasteiger partial charge on any atom is 0.271 e. The van der Waals surface area contributed by atoms with Crippen molar-refractivity contribution in [3.05, 3.63) is 23.0 Å². The fourth-order valence-electron chi connectivity index (χ4n) is 1.99. The number of pyridine rings is 1. The van der Waals surface area contributed by atoms with Gasteiger partial charge >= 0.3 is 0 Å². The quantitative estimate of drug-likeness (QED) is 0.807. The highest BCUT2D eigenvalue weighted by atomic mass is 16.2. The van der Waals surface area contributed by atoms with Crippen molar-refractivity contribution in [2.24, 2.45) is 13.0 Å². The molecule has 2 N–H and O–H groups in total. The van der Waals surface area contributed by atoms with E-state index in [1.54, 1.807) is 31.5 Å². The molecule has 7 nitrogen and oxygen atoms in total. The van der Waals surface area contributed by atoms with Crippen LogP contribution in [0.15, 0.2) is 6.07 Å². The van der Waals surface area contributed by atoms with Crippen LogP contribution < -0.4 is 10.9 Å². The van der Waals surface area contributed by atoms with Crippen LogP contribution in [0.2, 0.25) is 0 Å². The van der Waals surface area contributed by atoms with Crippen molar-refractivity contribution in [1.29, 1.82) is 0 Å². The Hall–Kier alpha value is -2.44. The van der Waals surface area contributed by atoms with Crippen LogP contribution in [-0.2, 0) is 11.8 Å². The molecule has 0 fully saturated rings. The molecule has 0 bridgehead atoms. The summed E-state index contributed by atoms with van der Waals surface area (Å²) in [4.78, 5) is 28.0. The topological polar surface area (TPSA) is 88.9 Å². The molecule has 0 aliphatic rings. The van der Waals surface area contributed by atoms with Gasteiger partial charge in [0, 0.05) is 18.4 Å². The number of hydrazine groups is 1. The molecule has 0 radical (unpaired) electrons. The number of rotatable bonds is 2. The Morgan fingerprint density at radius 3 is 2.48 bits per heavy atom. The lowest BCUT2D eigenvalue weighted by Gasteiger charge is -2.10. The van der Waals surface area contributed by atoms with Gasteiger partial charge in [-0.2, -0.15) is 5.10 Å². The number of aryl methyl sites for hydroxylation is 3. The van der Waals surface area contributed by atoms with Gasteiger partial charge in [-0.3, -0.25) is 25.1 Å². The molecular weight excluding hydrogens is 270 g/mol. The summed E-state index contributed by atoms with van der Waals surface area (Å²) < 4.78 is 1.68. The molecule has 112 valence electrons. The smallest absolute Gasteiger partial charge is 0.271 e. The summed E-state index contributed by atoms with van der Waals surface area (Å²) in [6.07, 6.45) is 0. The zero-order chi connectivity index (χ0) is 15.7. The van der Waals surface area contributed by atoms with Crippen molar-refractivity contribution in [2.45, 2.75) is 27.7 Å². The van der Waals surface area contributed by atoms with E-state index in [9.17, 15) is 9.59 Å². The summed E-state index contributed by atoms with van der Waals surface area (Å²) in [6.45, 7) is 7.11. The Labute approximate surface area is 122 Å². The molecule has 0 atom stereocenters. The molecule has 2 amide bonds. The molecule has 21 heavy (non-hydrogen) atoms. The molecule has 0 unspecified atom stereocenters. The minimum absolute atomic E-state index is 0.201. The molecule has 0 saturated heterocycles. The number of hydrogen-bond acceptors (Lipinski definition) is 4. The van der Waals surface area contributed by atoms with Gasteiger partial charge in [-0.1, -0.05) is 13.8 Å². The lowest BCUT2D eigenvalue weighted by atomic mass is 10.1. The van der Waals surface area contributed by atoms with Gasteiger partial charge in [-0.05, 0) is 19.9 Å². The number of fused-ring (bicyclic) bond motifs is 1. The predicted octanol–water partition coefficient (Wildman–Crippen LogP) is 1.00. The van der Waals surface area contributed by atoms with Crippen molar-refractivity contribution in [1.82, 2.24) is 25.6 Å². The van der Waals surface area contributed by atoms with Crippen LogP contribution in [0.5, 0.6) is 0 Å². The molecule has 7 heteroatoms. The van der Waals surface area contributed by atoms with Crippen molar-refractivity contribution < 1.29 is 9.59 Å². The number of nitrogens with one attached hydrogen (secondary N) is 2. The Kier molecular flexibility index (Phi) is 3.93. The van der Waals surface area contributed by atoms with Gasteiger partial charge in [0.15, 0.2) is 5.65 Å². The minimum atomic E-state index is -0.390. The van der Waals surface area contributed by atoms with Gasteiger partial charge in [-0.25, -0.2) is 4.98 Å². The first kappa shape index (κ1) is 15.0. The first-order valence-electron chi connectivity index (χ1n) is 6.72. The fraction of sp³-hybridized carbons (Fsp3) is 0.429. The lowest BCUT2D eigenvalue weighted by molar-refractivity contribution is -0.124. The molecule has 0 aromatic carbocycles. The molecule has 0 aliphatic carbocycles. The average Bonchev–Trinajstić information content (AvgIpc) is 2.69. The van der Waals surface area contributed by atoms with Crippen LogP contribution >= 0.6 is 0 Å². The van der Waals surface area contributed by atoms with Crippen molar-refractivity contribution in [3.8, 4) is 0 Å². The van der Waals surface area contributed by atoms with E-state index in [1.165, 1.54) is 0 Å². The van der Waals surface area contributed by atoms with E-state index in [0.29, 0.717) is 11.3 Å². The highest BCUT2D eigenvalue weighted by molar-refractivity contribution is 5.99. The van der Waals surface area contributed by atoms with Crippen molar-refractivity contribution in [2.75, 3.05) is 0 Å². The van der Waals surface area contributed by atoms with Gasteiger partial charge in [0.1, 0.15) is 0 Å². The fourth-order valence-corrected chi connectivity index (χ4v) is 1.99. The largest absolute Gasteiger partial charge is 0.273 e. The third-order valence-corrected chi connectivity index (χ3v) is 3.26. The summed E-state index contributed by atoms with van der Waals surface area (Å²) in [7, 11) is 1.81. The third-order valence-electron chi connectivity index (χ3n) is 3.26. The maximum atomic E-state index is 12.2. The monoisotopic (exact) mass is 289 g/mol. The summed E-state index contributed by atoms with van der Waals surface area (Å²) in [5.74, 6) is -0.834. The zero-order valence-electron chi connectivity index (χ0n) is 12.8. The Bertz CT molecular complexity index is 718. The molecule has 0 saturated carbocycles. The SMILES string of the molecule is Cc1nc2c(cc1C(=O)NNC(=O)C(C)C)c(C)nn2C. The zero-order valence-corrected chi connectivity index (χ0v) is 12.8. The summed E-state index contributed by atoms with van der Waals surface area (Å²) >= 11 is 0. The highest BCUT2D eigenvalue weighted by Gasteiger charge is 2.16. The molecule has 2 aromatic rings. The summed E-state index contributed by atoms with van der Waals surface area (Å²) in [5.41, 5.74) is 7.33. The molecule has 0 aliphatic heterocycles. The predicted molar refractivity (Wildman–Crippen MR) is 78.4 cm³/mol. The van der Waals surface area contributed by atoms with Crippen LogP contribution in [0.25, 0.3) is 11.0 Å². The van der Waals surface area contributed by atoms with E-state index in [4.69, 9.17) is 0 Å². The second kappa shape index (κ2) is 5.51. The van der Waals surface area contributed by atoms with Gasteiger partial charge in [0.2, 0.25) is 5.91 Å². The second-order valence-electron chi connectivity index (χ2n) is 5.30. The van der Waals surface area contributed by atoms with Crippen molar-refractivity contribution in [3.63, 3.8) is 0 Å². The number of amides is 2. The van der Waals surface area contributed by atoms with Crippen LogP contribution in [-0.4, -0.2) is 26.6 Å². The first-order valence-corrected chi connectivity index (χ1v) is 6.72. The number of carbonyl (C=O) groups excluding carboxylic acids is 2. The highest BCUT2D eigenvalue weighted by Crippen LogP contribution is 2.19. The molecule has 0 spiro atoms. The molecule has 2 rings (SSSR count). The third kappa shape index (κ3) is 2.86. The van der Waals surface area contributed by atoms with Crippen LogP contribution in [0.4, 0.5) is 0 Å². The Balaban J connectivity index is 2.29. The van der Waals surface area contributed by atoms with Gasteiger partial charge in [-0.15, -0.1) is 0 Å². The molecule has 2 aromatic heterocycles. The number of nitrogens with zero attached hydrogens (tertiary/aromatic N) is 3. The lowest BCUT2D eigenvalue weighted by Crippen LogP contribution is -2.43. The maximum absolute atomic E-state index is 12.2. The minimum Gasteiger partial charge on any atom is -0.273 e. The van der Waals surface area contributed by atoms with Gasteiger partial charge < -0.3 is 0 Å². The van der Waals surface area contributed by atoms with Gasteiger partial charge in [0.05, 0.1) is 17.0 Å².